The van der Waals surface area contributed by atoms with E-state index in [9.17, 15) is 4.79 Å². The number of thiazole rings is 1. The number of fused-ring (bicyclic) bond motifs is 1. The molecule has 1 aromatic carbocycles. The molecular weight excluding hydrogens is 308 g/mol. The average molecular weight is 321 g/mol. The van der Waals surface area contributed by atoms with Crippen LogP contribution in [0.25, 0.3) is 16.2 Å². The molecular formula is C15H13ClN2O2S. The molecule has 0 atom stereocenters. The van der Waals surface area contributed by atoms with E-state index in [1.54, 1.807) is 0 Å². The van der Waals surface area contributed by atoms with Crippen molar-refractivity contribution in [2.45, 2.75) is 20.3 Å². The summed E-state index contributed by atoms with van der Waals surface area (Å²) in [4.78, 5) is 16.4. The first kappa shape index (κ1) is 14.1. The first-order chi connectivity index (χ1) is 9.97. The number of benzene rings is 1. The third-order valence-electron chi connectivity index (χ3n) is 3.43. The highest BCUT2D eigenvalue weighted by Crippen LogP contribution is 2.30. The minimum absolute atomic E-state index is 0.00368. The number of hydrogen-bond donors (Lipinski definition) is 1. The van der Waals surface area contributed by atoms with E-state index in [4.69, 9.17) is 16.7 Å². The first-order valence-electron chi connectivity index (χ1n) is 6.41. The molecule has 108 valence electrons. The van der Waals surface area contributed by atoms with Gasteiger partial charge in [-0.3, -0.25) is 9.20 Å². The zero-order chi connectivity index (χ0) is 15.1. The van der Waals surface area contributed by atoms with Crippen molar-refractivity contribution < 1.29 is 9.90 Å². The molecule has 3 rings (SSSR count). The van der Waals surface area contributed by atoms with Crippen LogP contribution in [0.3, 0.4) is 0 Å². The minimum Gasteiger partial charge on any atom is -0.481 e. The van der Waals surface area contributed by atoms with Crippen molar-refractivity contribution >= 4 is 33.9 Å². The van der Waals surface area contributed by atoms with E-state index in [1.165, 1.54) is 11.3 Å². The minimum atomic E-state index is -0.841. The van der Waals surface area contributed by atoms with Gasteiger partial charge in [-0.15, -0.1) is 11.3 Å². The Morgan fingerprint density at radius 2 is 2.19 bits per heavy atom. The average Bonchev–Trinajstić information content (AvgIpc) is 2.94. The molecule has 21 heavy (non-hydrogen) atoms. The van der Waals surface area contributed by atoms with Crippen LogP contribution in [0.1, 0.15) is 17.0 Å². The molecule has 0 aliphatic heterocycles. The summed E-state index contributed by atoms with van der Waals surface area (Å²) in [7, 11) is 0. The fourth-order valence-electron chi connectivity index (χ4n) is 2.41. The Balaban J connectivity index is 2.15. The molecule has 1 N–H and O–H groups in total. The van der Waals surface area contributed by atoms with Gasteiger partial charge in [-0.05, 0) is 31.5 Å². The van der Waals surface area contributed by atoms with Gasteiger partial charge < -0.3 is 5.11 Å². The SMILES string of the molecule is Cc1cc(-c2nc3scc(CC(=O)O)n3c2C)ccc1Cl. The zero-order valence-electron chi connectivity index (χ0n) is 11.6. The Morgan fingerprint density at radius 1 is 1.43 bits per heavy atom. The fourth-order valence-corrected chi connectivity index (χ4v) is 3.46. The van der Waals surface area contributed by atoms with Crippen molar-refractivity contribution in [3.63, 3.8) is 0 Å². The maximum absolute atomic E-state index is 10.9. The zero-order valence-corrected chi connectivity index (χ0v) is 13.1. The van der Waals surface area contributed by atoms with E-state index in [1.807, 2.05) is 41.8 Å². The van der Waals surface area contributed by atoms with Crippen LogP contribution >= 0.6 is 22.9 Å². The Labute approximate surface area is 130 Å². The topological polar surface area (TPSA) is 54.6 Å². The summed E-state index contributed by atoms with van der Waals surface area (Å²) in [6, 6.07) is 5.79. The summed E-state index contributed by atoms with van der Waals surface area (Å²) >= 11 is 7.51. The Morgan fingerprint density at radius 3 is 2.86 bits per heavy atom. The number of aliphatic carboxylic acids is 1. The van der Waals surface area contributed by atoms with Gasteiger partial charge in [0.15, 0.2) is 4.96 Å². The van der Waals surface area contributed by atoms with Crippen molar-refractivity contribution in [1.82, 2.24) is 9.38 Å². The summed E-state index contributed by atoms with van der Waals surface area (Å²) in [5.74, 6) is -0.841. The lowest BCUT2D eigenvalue weighted by Crippen LogP contribution is -2.03. The van der Waals surface area contributed by atoms with Crippen molar-refractivity contribution in [3.05, 3.63) is 45.6 Å². The van der Waals surface area contributed by atoms with E-state index < -0.39 is 5.97 Å². The van der Waals surface area contributed by atoms with Crippen LogP contribution in [0, 0.1) is 13.8 Å². The summed E-state index contributed by atoms with van der Waals surface area (Å²) in [6.07, 6.45) is -0.00368. The second-order valence-corrected chi connectivity index (χ2v) is 6.17. The van der Waals surface area contributed by atoms with Crippen LogP contribution in [0.15, 0.2) is 23.6 Å². The highest BCUT2D eigenvalue weighted by atomic mass is 35.5. The van der Waals surface area contributed by atoms with Crippen LogP contribution in [0.5, 0.6) is 0 Å². The van der Waals surface area contributed by atoms with Gasteiger partial charge in [0.2, 0.25) is 0 Å². The third-order valence-corrected chi connectivity index (χ3v) is 4.73. The molecule has 3 aromatic rings. The van der Waals surface area contributed by atoms with Gasteiger partial charge in [-0.1, -0.05) is 17.7 Å². The van der Waals surface area contributed by atoms with Gasteiger partial charge in [-0.2, -0.15) is 0 Å². The second kappa shape index (κ2) is 5.16. The van der Waals surface area contributed by atoms with Crippen LogP contribution in [-0.2, 0) is 11.2 Å². The Hall–Kier alpha value is -1.85. The number of imidazole rings is 1. The van der Waals surface area contributed by atoms with Gasteiger partial charge in [-0.25, -0.2) is 4.98 Å². The maximum atomic E-state index is 10.9. The number of carboxylic acid groups (broad SMARTS) is 1. The number of nitrogens with zero attached hydrogens (tertiary/aromatic N) is 2. The molecule has 2 heterocycles. The summed E-state index contributed by atoms with van der Waals surface area (Å²) in [6.45, 7) is 3.91. The molecule has 0 unspecified atom stereocenters. The second-order valence-electron chi connectivity index (χ2n) is 4.93. The van der Waals surface area contributed by atoms with E-state index in [0.717, 1.165) is 38.2 Å². The molecule has 0 amide bonds. The monoisotopic (exact) mass is 320 g/mol. The first-order valence-corrected chi connectivity index (χ1v) is 7.67. The smallest absolute Gasteiger partial charge is 0.309 e. The molecule has 0 saturated heterocycles. The Bertz CT molecular complexity index is 851. The van der Waals surface area contributed by atoms with E-state index in [0.29, 0.717) is 0 Å². The predicted octanol–water partition coefficient (Wildman–Crippen LogP) is 3.96. The van der Waals surface area contributed by atoms with Gasteiger partial charge in [0.25, 0.3) is 0 Å². The van der Waals surface area contributed by atoms with Crippen LogP contribution in [0.2, 0.25) is 5.02 Å². The van der Waals surface area contributed by atoms with Crippen LogP contribution in [-0.4, -0.2) is 20.5 Å². The molecule has 0 aliphatic carbocycles. The highest BCUT2D eigenvalue weighted by Gasteiger charge is 2.16. The Kier molecular flexibility index (Phi) is 3.47. The lowest BCUT2D eigenvalue weighted by molar-refractivity contribution is -0.136. The summed E-state index contributed by atoms with van der Waals surface area (Å²) in [5.41, 5.74) is 4.56. The third kappa shape index (κ3) is 2.43. The molecule has 0 fully saturated rings. The molecule has 0 bridgehead atoms. The fraction of sp³-hybridized carbons (Fsp3) is 0.200. The van der Waals surface area contributed by atoms with Crippen molar-refractivity contribution in [1.29, 1.82) is 0 Å². The van der Waals surface area contributed by atoms with E-state index in [2.05, 4.69) is 4.98 Å². The molecule has 0 saturated carbocycles. The molecule has 0 radical (unpaired) electrons. The number of halogens is 1. The number of rotatable bonds is 3. The number of carbonyl (C=O) groups is 1. The quantitative estimate of drug-likeness (QED) is 0.794. The number of hydrogen-bond acceptors (Lipinski definition) is 3. The lowest BCUT2D eigenvalue weighted by atomic mass is 10.1. The molecule has 4 nitrogen and oxygen atoms in total. The van der Waals surface area contributed by atoms with E-state index >= 15 is 0 Å². The number of aryl methyl sites for hydroxylation is 2. The summed E-state index contributed by atoms with van der Waals surface area (Å²) < 4.78 is 1.91. The molecule has 0 aliphatic rings. The standard InChI is InChI=1S/C15H13ClN2O2S/c1-8-5-10(3-4-12(8)16)14-9(2)18-11(6-13(19)20)7-21-15(18)17-14/h3-5,7H,6H2,1-2H3,(H,19,20). The highest BCUT2D eigenvalue weighted by molar-refractivity contribution is 7.15. The van der Waals surface area contributed by atoms with Crippen molar-refractivity contribution in [2.24, 2.45) is 0 Å². The molecule has 0 spiro atoms. The number of aromatic nitrogens is 2. The van der Waals surface area contributed by atoms with Gasteiger partial charge in [0, 0.05) is 27.4 Å². The number of carboxylic acids is 1. The summed E-state index contributed by atoms with van der Waals surface area (Å²) in [5, 5.41) is 11.6. The lowest BCUT2D eigenvalue weighted by Gasteiger charge is -2.04. The van der Waals surface area contributed by atoms with Gasteiger partial charge in [0.1, 0.15) is 0 Å². The van der Waals surface area contributed by atoms with Crippen LogP contribution in [0.4, 0.5) is 0 Å². The molecule has 2 aromatic heterocycles. The largest absolute Gasteiger partial charge is 0.481 e. The van der Waals surface area contributed by atoms with Gasteiger partial charge >= 0.3 is 5.97 Å². The molecule has 6 heteroatoms. The maximum Gasteiger partial charge on any atom is 0.309 e. The van der Waals surface area contributed by atoms with Crippen molar-refractivity contribution in [2.75, 3.05) is 0 Å². The van der Waals surface area contributed by atoms with Gasteiger partial charge in [0.05, 0.1) is 12.1 Å². The van der Waals surface area contributed by atoms with Crippen molar-refractivity contribution in [3.8, 4) is 11.3 Å². The van der Waals surface area contributed by atoms with E-state index in [-0.39, 0.29) is 6.42 Å². The predicted molar refractivity (Wildman–Crippen MR) is 84.3 cm³/mol. The van der Waals surface area contributed by atoms with Crippen LogP contribution < -0.4 is 0 Å². The normalized spacial score (nSPS) is 11.2.